The zero-order chi connectivity index (χ0) is 31.7. The van der Waals surface area contributed by atoms with Gasteiger partial charge in [-0.05, 0) is 84.8 Å². The minimum Gasteiger partial charge on any atom is -0.358 e. The molecule has 0 N–H and O–H groups in total. The van der Waals surface area contributed by atoms with Crippen molar-refractivity contribution in [1.29, 1.82) is 0 Å². The average Bonchev–Trinajstić information content (AvgIpc) is 3.05. The van der Waals surface area contributed by atoms with E-state index in [0.717, 1.165) is 44.1 Å². The van der Waals surface area contributed by atoms with E-state index in [1.807, 2.05) is 0 Å². The van der Waals surface area contributed by atoms with Crippen LogP contribution in [0.4, 0.5) is 0 Å². The molecule has 2 rings (SSSR count). The Balaban J connectivity index is 0. The topological polar surface area (TPSA) is 36.4 Å². The van der Waals surface area contributed by atoms with Gasteiger partial charge in [0.2, 0.25) is 0 Å². The Labute approximate surface area is 306 Å². The van der Waals surface area contributed by atoms with Crippen molar-refractivity contribution in [3.8, 4) is 0 Å². The number of hydrogen-bond acceptors (Lipinski definition) is 0. The van der Waals surface area contributed by atoms with Gasteiger partial charge in [-0.1, -0.05) is 166 Å². The molecule has 0 radical (unpaired) electrons. The summed E-state index contributed by atoms with van der Waals surface area (Å²) in [6.07, 6.45) is 26.9. The molecule has 2 aromatic carbocycles. The predicted molar refractivity (Wildman–Crippen MR) is 206 cm³/mol. The summed E-state index contributed by atoms with van der Waals surface area (Å²) in [5.74, 6) is 3.10. The predicted octanol–water partition coefficient (Wildman–Crippen LogP) is 14.2. The van der Waals surface area contributed by atoms with Crippen LogP contribution in [0.1, 0.15) is 178 Å². The van der Waals surface area contributed by atoms with Gasteiger partial charge < -0.3 is 20.4 Å². The number of unbranched alkanes of at least 4 members (excludes halogenated alkanes) is 14. The molecule has 0 aliphatic carbocycles. The van der Waals surface area contributed by atoms with E-state index in [4.69, 9.17) is 0 Å². The van der Waals surface area contributed by atoms with E-state index >= 15 is 0 Å². The fourth-order valence-electron chi connectivity index (χ4n) is 6.25. The Morgan fingerprint density at radius 2 is 0.894 bits per heavy atom. The van der Waals surface area contributed by atoms with Gasteiger partial charge in [-0.2, -0.15) is 0 Å². The van der Waals surface area contributed by atoms with Gasteiger partial charge in [0.15, 0.2) is 0 Å². The van der Waals surface area contributed by atoms with Crippen LogP contribution in [0.3, 0.4) is 0 Å². The van der Waals surface area contributed by atoms with Crippen LogP contribution in [-0.4, -0.2) is 10.7 Å². The molecule has 0 atom stereocenters. The van der Waals surface area contributed by atoms with Crippen molar-refractivity contribution >= 4 is 11.4 Å². The fourth-order valence-corrected chi connectivity index (χ4v) is 6.25. The van der Waals surface area contributed by atoms with E-state index in [-0.39, 0.29) is 35.3 Å². The van der Waals surface area contributed by atoms with Gasteiger partial charge in [0, 0.05) is 0 Å². The van der Waals surface area contributed by atoms with E-state index in [0.29, 0.717) is 0 Å². The second kappa shape index (κ2) is 31.3. The summed E-state index contributed by atoms with van der Waals surface area (Å²) in [5.41, 5.74) is 18.9. The Bertz CT molecular complexity index is 1130. The molecule has 2 nitrogen and oxygen atoms in total. The van der Waals surface area contributed by atoms with E-state index in [2.05, 4.69) is 86.9 Å². The molecule has 0 bridgehead atoms. The standard InChI is InChI=1S/C42H64N2.2CH3.Pd/c1-5-9-13-16-18-21-25-40(35-44-43)41(26-22-19-17-14-10-6-2)42(38-31-27-36(28-32-38)23-12-8-4)39-33-29-37(30-34-39)24-20-15-11-7-3;;;/h27-34H,5-26H2,1-4H3;2*1H3;/q;2*-1;+2. The Morgan fingerprint density at radius 3 is 1.34 bits per heavy atom. The van der Waals surface area contributed by atoms with Crippen molar-refractivity contribution in [3.05, 3.63) is 102 Å². The molecule has 0 spiro atoms. The van der Waals surface area contributed by atoms with Crippen molar-refractivity contribution in [3.63, 3.8) is 0 Å². The van der Waals surface area contributed by atoms with Crippen molar-refractivity contribution in [1.82, 2.24) is 0 Å². The molecular weight excluding hydrogens is 663 g/mol. The van der Waals surface area contributed by atoms with Gasteiger partial charge in [-0.25, -0.2) is 0 Å². The minimum absolute atomic E-state index is 0. The molecule has 0 unspecified atom stereocenters. The second-order valence-corrected chi connectivity index (χ2v) is 12.9. The maximum absolute atomic E-state index is 9.80. The molecule has 2 aromatic rings. The number of benzene rings is 2. The third-order valence-corrected chi connectivity index (χ3v) is 9.03. The first-order valence-electron chi connectivity index (χ1n) is 18.6. The van der Waals surface area contributed by atoms with E-state index in [1.54, 1.807) is 0 Å². The summed E-state index contributed by atoms with van der Waals surface area (Å²) >= 11 is 0. The molecule has 0 aliphatic heterocycles. The van der Waals surface area contributed by atoms with Gasteiger partial charge in [-0.3, -0.25) is 0 Å². The quantitative estimate of drug-likeness (QED) is 0.0185. The Morgan fingerprint density at radius 1 is 0.511 bits per heavy atom. The van der Waals surface area contributed by atoms with Crippen LogP contribution in [0, 0.1) is 14.9 Å². The van der Waals surface area contributed by atoms with E-state index < -0.39 is 0 Å². The first-order valence-corrected chi connectivity index (χ1v) is 18.6. The third kappa shape index (κ3) is 19.6. The van der Waals surface area contributed by atoms with Gasteiger partial charge in [0.1, 0.15) is 0 Å². The summed E-state index contributed by atoms with van der Waals surface area (Å²) in [7, 11) is 0. The molecule has 0 saturated heterocycles. The first-order chi connectivity index (χ1) is 21.7. The molecule has 47 heavy (non-hydrogen) atoms. The zero-order valence-corrected chi connectivity index (χ0v) is 32.9. The summed E-state index contributed by atoms with van der Waals surface area (Å²) in [6.45, 7) is 9.09. The van der Waals surface area contributed by atoms with Crippen LogP contribution in [0.15, 0.2) is 59.7 Å². The maximum atomic E-state index is 9.80. The molecule has 0 heterocycles. The Hall–Kier alpha value is -2.00. The van der Waals surface area contributed by atoms with Crippen molar-refractivity contribution < 1.29 is 25.2 Å². The van der Waals surface area contributed by atoms with Crippen molar-refractivity contribution in [2.75, 3.05) is 0 Å². The molecule has 266 valence electrons. The largest absolute Gasteiger partial charge is 2.00 e. The molecule has 0 aliphatic rings. The summed E-state index contributed by atoms with van der Waals surface area (Å²) in [5, 5.41) is 0. The SMILES string of the molecule is CCCCCCCCC(=C=[N+]=[N-])C(CCCCCCCC)=C(c1ccc(CCCC)cc1)c1ccc(CCCCCC)cc1.[CH3-].[CH3-].[Pd+2]. The molecule has 0 saturated carbocycles. The van der Waals surface area contributed by atoms with Gasteiger partial charge in [0.25, 0.3) is 0 Å². The van der Waals surface area contributed by atoms with Crippen LogP contribution in [-0.2, 0) is 33.3 Å². The van der Waals surface area contributed by atoms with Gasteiger partial charge in [-0.15, -0.1) is 4.79 Å². The Kier molecular flexibility index (Phi) is 31.4. The van der Waals surface area contributed by atoms with E-state index in [9.17, 15) is 5.53 Å². The third-order valence-electron chi connectivity index (χ3n) is 9.03. The molecule has 0 amide bonds. The van der Waals surface area contributed by atoms with Crippen molar-refractivity contribution in [2.24, 2.45) is 0 Å². The number of rotatable bonds is 25. The summed E-state index contributed by atoms with van der Waals surface area (Å²) < 4.78 is 0. The smallest absolute Gasteiger partial charge is 0.358 e. The molecular formula is C44H70N2Pd. The summed E-state index contributed by atoms with van der Waals surface area (Å²) in [4.78, 5) is 3.51. The van der Waals surface area contributed by atoms with Crippen LogP contribution in [0.2, 0.25) is 0 Å². The van der Waals surface area contributed by atoms with E-state index in [1.165, 1.54) is 136 Å². The van der Waals surface area contributed by atoms with Gasteiger partial charge >= 0.3 is 26.3 Å². The average molecular weight is 733 g/mol. The monoisotopic (exact) mass is 732 g/mol. The fraction of sp³-hybridized carbons (Fsp3) is 0.591. The normalized spacial score (nSPS) is 10.9. The first kappa shape index (κ1) is 47.1. The van der Waals surface area contributed by atoms with Gasteiger partial charge in [0.05, 0.1) is 5.57 Å². The summed E-state index contributed by atoms with van der Waals surface area (Å²) in [6, 6.07) is 18.7. The van der Waals surface area contributed by atoms with Crippen LogP contribution >= 0.6 is 0 Å². The number of nitrogens with zero attached hydrogens (tertiary/aromatic N) is 2. The number of aryl methyl sites for hydroxylation is 2. The minimum atomic E-state index is 0. The zero-order valence-electron chi connectivity index (χ0n) is 31.4. The van der Waals surface area contributed by atoms with Crippen LogP contribution in [0.5, 0.6) is 0 Å². The molecule has 0 fully saturated rings. The second-order valence-electron chi connectivity index (χ2n) is 12.9. The number of allylic oxidation sites excluding steroid dienone is 2. The molecule has 0 aromatic heterocycles. The van der Waals surface area contributed by atoms with Crippen LogP contribution < -0.4 is 0 Å². The van der Waals surface area contributed by atoms with Crippen LogP contribution in [0.25, 0.3) is 11.1 Å². The molecule has 3 heteroatoms. The maximum Gasteiger partial charge on any atom is 2.00 e. The van der Waals surface area contributed by atoms with Crippen molar-refractivity contribution in [2.45, 2.75) is 169 Å². The number of hydrogen-bond donors (Lipinski definition) is 0.